The van der Waals surface area contributed by atoms with Crippen LogP contribution in [0, 0.1) is 17.2 Å². The Balaban J connectivity index is 2.84. The van der Waals surface area contributed by atoms with Crippen LogP contribution in [0.3, 0.4) is 0 Å². The lowest BCUT2D eigenvalue weighted by molar-refractivity contribution is 0.415. The summed E-state index contributed by atoms with van der Waals surface area (Å²) in [5.41, 5.74) is 1.50. The zero-order valence-corrected chi connectivity index (χ0v) is 10.9. The largest absolute Gasteiger partial charge is 0.497 e. The Bertz CT molecular complexity index is 407. The maximum absolute atomic E-state index is 9.05. The number of hydrogen-bond donors (Lipinski definition) is 1. The van der Waals surface area contributed by atoms with Gasteiger partial charge in [0.25, 0.3) is 0 Å². The minimum absolute atomic E-state index is 0.342. The van der Waals surface area contributed by atoms with Gasteiger partial charge in [-0.3, -0.25) is 0 Å². The molecule has 0 aromatic heterocycles. The van der Waals surface area contributed by atoms with Crippen LogP contribution < -0.4 is 10.1 Å². The highest BCUT2D eigenvalue weighted by Gasteiger charge is 2.09. The van der Waals surface area contributed by atoms with Crippen molar-refractivity contribution in [3.05, 3.63) is 23.8 Å². The Hall–Kier alpha value is -1.69. The van der Waals surface area contributed by atoms with E-state index in [1.807, 2.05) is 6.07 Å². The normalized spacial score (nSPS) is 12.0. The van der Waals surface area contributed by atoms with Crippen LogP contribution >= 0.6 is 0 Å². The molecule has 3 heteroatoms. The smallest absolute Gasteiger partial charge is 0.121 e. The van der Waals surface area contributed by atoms with Crippen LogP contribution in [0.25, 0.3) is 0 Å². The van der Waals surface area contributed by atoms with E-state index >= 15 is 0 Å². The molecule has 1 atom stereocenters. The molecule has 0 bridgehead atoms. The summed E-state index contributed by atoms with van der Waals surface area (Å²) in [6.07, 6.45) is 1.07. The number of nitriles is 1. The van der Waals surface area contributed by atoms with Gasteiger partial charge in [0.15, 0.2) is 0 Å². The van der Waals surface area contributed by atoms with Gasteiger partial charge in [-0.25, -0.2) is 0 Å². The van der Waals surface area contributed by atoms with Crippen LogP contribution in [0.5, 0.6) is 5.75 Å². The topological polar surface area (TPSA) is 45.0 Å². The molecule has 1 rings (SSSR count). The van der Waals surface area contributed by atoms with Gasteiger partial charge in [-0.1, -0.05) is 13.8 Å². The third kappa shape index (κ3) is 3.99. The number of hydrogen-bond acceptors (Lipinski definition) is 3. The van der Waals surface area contributed by atoms with Gasteiger partial charge in [-0.15, -0.1) is 0 Å². The molecule has 17 heavy (non-hydrogen) atoms. The second kappa shape index (κ2) is 6.15. The molecule has 0 radical (unpaired) electrons. The first kappa shape index (κ1) is 13.4. The first-order chi connectivity index (χ1) is 8.06. The van der Waals surface area contributed by atoms with E-state index in [-0.39, 0.29) is 0 Å². The minimum Gasteiger partial charge on any atom is -0.497 e. The fourth-order valence-corrected chi connectivity index (χ4v) is 1.90. The SMILES string of the molecule is COc1ccc(C#N)c(NC(C)CC(C)C)c1. The Morgan fingerprint density at radius 2 is 2.06 bits per heavy atom. The first-order valence-corrected chi connectivity index (χ1v) is 5.91. The third-order valence-electron chi connectivity index (χ3n) is 2.57. The van der Waals surface area contributed by atoms with Crippen LogP contribution in [0.2, 0.25) is 0 Å². The molecule has 1 aromatic rings. The van der Waals surface area contributed by atoms with Gasteiger partial charge in [0, 0.05) is 12.1 Å². The predicted octanol–water partition coefficient (Wildman–Crippen LogP) is 3.41. The zero-order chi connectivity index (χ0) is 12.8. The monoisotopic (exact) mass is 232 g/mol. The lowest BCUT2D eigenvalue weighted by atomic mass is 10.0. The summed E-state index contributed by atoms with van der Waals surface area (Å²) in [6, 6.07) is 7.98. The van der Waals surface area contributed by atoms with Crippen molar-refractivity contribution >= 4 is 5.69 Å². The molecule has 0 fully saturated rings. The molecule has 1 N–H and O–H groups in total. The number of anilines is 1. The van der Waals surface area contributed by atoms with Crippen LogP contribution in [0.15, 0.2) is 18.2 Å². The van der Waals surface area contributed by atoms with Crippen molar-refractivity contribution in [2.24, 2.45) is 5.92 Å². The van der Waals surface area contributed by atoms with E-state index in [2.05, 4.69) is 32.2 Å². The molecular formula is C14H20N2O. The molecule has 0 saturated carbocycles. The molecule has 3 nitrogen and oxygen atoms in total. The molecule has 0 aliphatic rings. The summed E-state index contributed by atoms with van der Waals surface area (Å²) >= 11 is 0. The maximum atomic E-state index is 9.05. The van der Waals surface area contributed by atoms with Crippen molar-refractivity contribution in [2.75, 3.05) is 12.4 Å². The number of ether oxygens (including phenoxy) is 1. The fourth-order valence-electron chi connectivity index (χ4n) is 1.90. The maximum Gasteiger partial charge on any atom is 0.121 e. The van der Waals surface area contributed by atoms with Crippen molar-refractivity contribution in [1.82, 2.24) is 0 Å². The quantitative estimate of drug-likeness (QED) is 0.846. The van der Waals surface area contributed by atoms with Crippen LogP contribution in [-0.4, -0.2) is 13.2 Å². The molecular weight excluding hydrogens is 212 g/mol. The van der Waals surface area contributed by atoms with E-state index in [0.29, 0.717) is 17.5 Å². The summed E-state index contributed by atoms with van der Waals surface area (Å²) < 4.78 is 5.17. The average Bonchev–Trinajstić information content (AvgIpc) is 2.27. The zero-order valence-electron chi connectivity index (χ0n) is 10.9. The van der Waals surface area contributed by atoms with Crippen molar-refractivity contribution in [3.63, 3.8) is 0 Å². The van der Waals surface area contributed by atoms with Crippen LogP contribution in [-0.2, 0) is 0 Å². The summed E-state index contributed by atoms with van der Waals surface area (Å²) in [5, 5.41) is 12.4. The molecule has 0 spiro atoms. The molecule has 1 unspecified atom stereocenters. The van der Waals surface area contributed by atoms with Gasteiger partial charge in [-0.05, 0) is 31.4 Å². The van der Waals surface area contributed by atoms with E-state index in [1.54, 1.807) is 19.2 Å². The van der Waals surface area contributed by atoms with E-state index in [1.165, 1.54) is 0 Å². The predicted molar refractivity (Wildman–Crippen MR) is 70.2 cm³/mol. The van der Waals surface area contributed by atoms with E-state index in [0.717, 1.165) is 17.9 Å². The lowest BCUT2D eigenvalue weighted by Gasteiger charge is -2.18. The van der Waals surface area contributed by atoms with Crippen LogP contribution in [0.4, 0.5) is 5.69 Å². The molecule has 0 heterocycles. The Labute approximate surface area is 103 Å². The first-order valence-electron chi connectivity index (χ1n) is 5.91. The molecule has 92 valence electrons. The van der Waals surface area contributed by atoms with Crippen molar-refractivity contribution in [1.29, 1.82) is 5.26 Å². The summed E-state index contributed by atoms with van der Waals surface area (Å²) in [4.78, 5) is 0. The van der Waals surface area contributed by atoms with Gasteiger partial charge in [0.2, 0.25) is 0 Å². The number of rotatable bonds is 5. The minimum atomic E-state index is 0.342. The summed E-state index contributed by atoms with van der Waals surface area (Å²) in [5.74, 6) is 1.40. The second-order valence-electron chi connectivity index (χ2n) is 4.70. The highest BCUT2D eigenvalue weighted by molar-refractivity contribution is 5.60. The highest BCUT2D eigenvalue weighted by Crippen LogP contribution is 2.23. The number of benzene rings is 1. The Morgan fingerprint density at radius 1 is 1.35 bits per heavy atom. The van der Waals surface area contributed by atoms with Crippen molar-refractivity contribution in [2.45, 2.75) is 33.2 Å². The number of nitrogens with zero attached hydrogens (tertiary/aromatic N) is 1. The lowest BCUT2D eigenvalue weighted by Crippen LogP contribution is -2.18. The van der Waals surface area contributed by atoms with Gasteiger partial charge < -0.3 is 10.1 Å². The standard InChI is InChI=1S/C14H20N2O/c1-10(2)7-11(3)16-14-8-13(17-4)6-5-12(14)9-15/h5-6,8,10-11,16H,7H2,1-4H3. The van der Waals surface area contributed by atoms with Gasteiger partial charge in [0.05, 0.1) is 18.4 Å². The van der Waals surface area contributed by atoms with Gasteiger partial charge >= 0.3 is 0 Å². The van der Waals surface area contributed by atoms with Crippen LogP contribution in [0.1, 0.15) is 32.8 Å². The van der Waals surface area contributed by atoms with E-state index < -0.39 is 0 Å². The molecule has 0 saturated heterocycles. The van der Waals surface area contributed by atoms with Gasteiger partial charge in [0.1, 0.15) is 11.8 Å². The average molecular weight is 232 g/mol. The molecule has 0 aliphatic carbocycles. The molecule has 0 aliphatic heterocycles. The highest BCUT2D eigenvalue weighted by atomic mass is 16.5. The van der Waals surface area contributed by atoms with E-state index in [4.69, 9.17) is 10.00 Å². The number of nitrogens with one attached hydrogen (secondary N) is 1. The second-order valence-corrected chi connectivity index (χ2v) is 4.70. The molecule has 1 aromatic carbocycles. The Kier molecular flexibility index (Phi) is 4.84. The third-order valence-corrected chi connectivity index (χ3v) is 2.57. The van der Waals surface area contributed by atoms with Crippen molar-refractivity contribution < 1.29 is 4.74 Å². The summed E-state index contributed by atoms with van der Waals surface area (Å²) in [7, 11) is 1.63. The fraction of sp³-hybridized carbons (Fsp3) is 0.500. The van der Waals surface area contributed by atoms with E-state index in [9.17, 15) is 0 Å². The summed E-state index contributed by atoms with van der Waals surface area (Å²) in [6.45, 7) is 6.50. The molecule has 0 amide bonds. The Morgan fingerprint density at radius 3 is 2.59 bits per heavy atom. The number of methoxy groups -OCH3 is 1. The van der Waals surface area contributed by atoms with Gasteiger partial charge in [-0.2, -0.15) is 5.26 Å². The van der Waals surface area contributed by atoms with Crippen molar-refractivity contribution in [3.8, 4) is 11.8 Å².